The van der Waals surface area contributed by atoms with E-state index < -0.39 is 15.9 Å². The summed E-state index contributed by atoms with van der Waals surface area (Å²) in [5.74, 6) is 0.176. The SMILES string of the molecule is CC(C)(C)c1ccc2oc(/C=C/Nc3ccccc3)[n+](CCCS(=O)(=O)[O-])c2c1. The minimum Gasteiger partial charge on any atom is -0.748 e. The largest absolute Gasteiger partial charge is 0.748 e. The van der Waals surface area contributed by atoms with E-state index in [-0.39, 0.29) is 11.8 Å². The number of hydrogen-bond donors (Lipinski definition) is 1. The first-order valence-corrected chi connectivity index (χ1v) is 11.1. The van der Waals surface area contributed by atoms with E-state index in [2.05, 4.69) is 32.2 Å². The van der Waals surface area contributed by atoms with Crippen molar-refractivity contribution in [3.05, 3.63) is 66.2 Å². The molecule has 0 aliphatic rings. The van der Waals surface area contributed by atoms with Crippen LogP contribution < -0.4 is 9.88 Å². The summed E-state index contributed by atoms with van der Waals surface area (Å²) in [6.07, 6.45) is 3.80. The molecule has 0 unspecified atom stereocenters. The van der Waals surface area contributed by atoms with Gasteiger partial charge in [-0.1, -0.05) is 45.0 Å². The molecule has 0 spiro atoms. The van der Waals surface area contributed by atoms with E-state index in [0.717, 1.165) is 16.8 Å². The fourth-order valence-corrected chi connectivity index (χ4v) is 3.55. The Morgan fingerprint density at radius 3 is 2.52 bits per heavy atom. The zero-order chi connectivity index (χ0) is 21.1. The third kappa shape index (κ3) is 5.68. The van der Waals surface area contributed by atoms with Crippen molar-refractivity contribution in [1.29, 1.82) is 0 Å². The zero-order valence-electron chi connectivity index (χ0n) is 16.9. The number of benzene rings is 2. The maximum Gasteiger partial charge on any atom is 0.375 e. The van der Waals surface area contributed by atoms with Gasteiger partial charge in [0.15, 0.2) is 6.54 Å². The first-order chi connectivity index (χ1) is 13.6. The van der Waals surface area contributed by atoms with E-state index in [1.807, 2.05) is 47.0 Å². The summed E-state index contributed by atoms with van der Waals surface area (Å²) < 4.78 is 40.9. The molecule has 2 aromatic carbocycles. The number of aromatic nitrogens is 1. The summed E-state index contributed by atoms with van der Waals surface area (Å²) in [5.41, 5.74) is 3.64. The molecule has 154 valence electrons. The molecular weight excluding hydrogens is 388 g/mol. The topological polar surface area (TPSA) is 86.2 Å². The molecule has 29 heavy (non-hydrogen) atoms. The number of rotatable bonds is 7. The maximum absolute atomic E-state index is 11.0. The highest BCUT2D eigenvalue weighted by molar-refractivity contribution is 7.85. The highest BCUT2D eigenvalue weighted by Crippen LogP contribution is 2.26. The Hall–Kier alpha value is -2.64. The molecule has 3 aromatic rings. The van der Waals surface area contributed by atoms with Crippen molar-refractivity contribution in [2.75, 3.05) is 11.1 Å². The second-order valence-electron chi connectivity index (χ2n) is 7.98. The number of oxazole rings is 1. The third-order valence-electron chi connectivity index (χ3n) is 4.62. The maximum atomic E-state index is 11.0. The molecule has 0 saturated heterocycles. The average Bonchev–Trinajstić information content (AvgIpc) is 2.98. The fourth-order valence-electron chi connectivity index (χ4n) is 3.07. The number of nitrogens with one attached hydrogen (secondary N) is 1. The lowest BCUT2D eigenvalue weighted by Gasteiger charge is -2.17. The highest BCUT2D eigenvalue weighted by Gasteiger charge is 2.23. The van der Waals surface area contributed by atoms with Gasteiger partial charge in [0.25, 0.3) is 5.52 Å². The summed E-state index contributed by atoms with van der Waals surface area (Å²) in [6.45, 7) is 6.76. The Bertz CT molecular complexity index is 1110. The molecule has 0 saturated carbocycles. The molecule has 0 atom stereocenters. The Morgan fingerprint density at radius 1 is 1.14 bits per heavy atom. The number of nitrogens with zero attached hydrogens (tertiary/aromatic N) is 1. The third-order valence-corrected chi connectivity index (χ3v) is 5.41. The molecule has 1 aromatic heterocycles. The summed E-state index contributed by atoms with van der Waals surface area (Å²) in [7, 11) is -4.25. The summed E-state index contributed by atoms with van der Waals surface area (Å²) in [4.78, 5) is 0. The Morgan fingerprint density at radius 2 is 1.86 bits per heavy atom. The van der Waals surface area contributed by atoms with Crippen LogP contribution in [-0.4, -0.2) is 18.7 Å². The molecule has 0 radical (unpaired) electrons. The van der Waals surface area contributed by atoms with Crippen LogP contribution in [0.1, 0.15) is 38.6 Å². The molecule has 7 heteroatoms. The van der Waals surface area contributed by atoms with Gasteiger partial charge in [-0.2, -0.15) is 4.57 Å². The molecule has 6 nitrogen and oxygen atoms in total. The smallest absolute Gasteiger partial charge is 0.375 e. The first kappa shape index (κ1) is 21.1. The molecular formula is C22H26N2O4S. The Labute approximate surface area is 171 Å². The minimum atomic E-state index is -4.25. The zero-order valence-corrected chi connectivity index (χ0v) is 17.7. The Kier molecular flexibility index (Phi) is 6.10. The summed E-state index contributed by atoms with van der Waals surface area (Å²) >= 11 is 0. The average molecular weight is 415 g/mol. The van der Waals surface area contributed by atoms with Crippen LogP contribution in [0.5, 0.6) is 0 Å². The number of para-hydroxylation sites is 1. The van der Waals surface area contributed by atoms with Crippen molar-refractivity contribution >= 4 is 33.0 Å². The van der Waals surface area contributed by atoms with E-state index in [4.69, 9.17) is 4.42 Å². The minimum absolute atomic E-state index is 0.0352. The monoisotopic (exact) mass is 414 g/mol. The number of anilines is 1. The second-order valence-corrected chi connectivity index (χ2v) is 9.51. The van der Waals surface area contributed by atoms with Gasteiger partial charge < -0.3 is 14.3 Å². The normalized spacial score (nSPS) is 12.7. The van der Waals surface area contributed by atoms with Crippen molar-refractivity contribution in [1.82, 2.24) is 0 Å². The van der Waals surface area contributed by atoms with Gasteiger partial charge in [0.2, 0.25) is 5.58 Å². The first-order valence-electron chi connectivity index (χ1n) is 9.52. The van der Waals surface area contributed by atoms with Gasteiger partial charge >= 0.3 is 5.89 Å². The predicted molar refractivity (Wildman–Crippen MR) is 113 cm³/mol. The molecule has 0 fully saturated rings. The molecule has 1 N–H and O–H groups in total. The van der Waals surface area contributed by atoms with Crippen LogP contribution in [0.3, 0.4) is 0 Å². The van der Waals surface area contributed by atoms with Crippen LogP contribution >= 0.6 is 0 Å². The van der Waals surface area contributed by atoms with Gasteiger partial charge in [0, 0.05) is 30.1 Å². The van der Waals surface area contributed by atoms with Crippen molar-refractivity contribution in [2.24, 2.45) is 0 Å². The van der Waals surface area contributed by atoms with Crippen LogP contribution in [-0.2, 0) is 22.1 Å². The van der Waals surface area contributed by atoms with Crippen LogP contribution in [0.4, 0.5) is 5.69 Å². The lowest BCUT2D eigenvalue weighted by atomic mass is 9.87. The lowest BCUT2D eigenvalue weighted by Crippen LogP contribution is -2.36. The van der Waals surface area contributed by atoms with E-state index in [0.29, 0.717) is 18.0 Å². The van der Waals surface area contributed by atoms with E-state index in [9.17, 15) is 13.0 Å². The van der Waals surface area contributed by atoms with Gasteiger partial charge in [-0.3, -0.25) is 0 Å². The molecule has 0 amide bonds. The number of hydrogen-bond acceptors (Lipinski definition) is 5. The van der Waals surface area contributed by atoms with Crippen molar-refractivity contribution in [3.63, 3.8) is 0 Å². The molecule has 0 aliphatic carbocycles. The fraction of sp³-hybridized carbons (Fsp3) is 0.318. The molecule has 0 aliphatic heterocycles. The van der Waals surface area contributed by atoms with Gasteiger partial charge in [-0.05, 0) is 29.2 Å². The molecule has 3 rings (SSSR count). The highest BCUT2D eigenvalue weighted by atomic mass is 32.2. The number of aryl methyl sites for hydroxylation is 1. The van der Waals surface area contributed by atoms with Crippen molar-refractivity contribution in [3.8, 4) is 0 Å². The van der Waals surface area contributed by atoms with Gasteiger partial charge in [-0.25, -0.2) is 8.42 Å². The standard InChI is InChI=1S/C22H26N2O4S/c1-22(2,3)17-10-11-20-19(16-17)24(14-7-15-29(25,26)27)21(28-20)12-13-23-18-8-5-4-6-9-18/h4-6,8-13,16H,7,14-15H2,1-3H3,(H,25,26,27). The molecule has 1 heterocycles. The lowest BCUT2D eigenvalue weighted by molar-refractivity contribution is -0.677. The van der Waals surface area contributed by atoms with Crippen LogP contribution in [0, 0.1) is 0 Å². The summed E-state index contributed by atoms with van der Waals surface area (Å²) in [6, 6.07) is 15.7. The summed E-state index contributed by atoms with van der Waals surface area (Å²) in [5, 5.41) is 3.18. The van der Waals surface area contributed by atoms with E-state index >= 15 is 0 Å². The van der Waals surface area contributed by atoms with Gasteiger partial charge in [0.1, 0.15) is 0 Å². The van der Waals surface area contributed by atoms with Crippen LogP contribution in [0.25, 0.3) is 17.2 Å². The second kappa shape index (κ2) is 8.39. The van der Waals surface area contributed by atoms with Gasteiger partial charge in [-0.15, -0.1) is 0 Å². The number of fused-ring (bicyclic) bond motifs is 1. The van der Waals surface area contributed by atoms with Crippen molar-refractivity contribution < 1.29 is 22.0 Å². The van der Waals surface area contributed by atoms with Crippen LogP contribution in [0.15, 0.2) is 59.1 Å². The van der Waals surface area contributed by atoms with Crippen molar-refractivity contribution in [2.45, 2.75) is 39.2 Å². The predicted octanol–water partition coefficient (Wildman–Crippen LogP) is 4.04. The quantitative estimate of drug-likeness (QED) is 0.466. The van der Waals surface area contributed by atoms with E-state index in [1.54, 1.807) is 12.3 Å². The van der Waals surface area contributed by atoms with Gasteiger partial charge in [0.05, 0.1) is 16.2 Å². The van der Waals surface area contributed by atoms with Crippen LogP contribution in [0.2, 0.25) is 0 Å². The molecule has 0 bridgehead atoms. The van der Waals surface area contributed by atoms with E-state index in [1.165, 1.54) is 0 Å². The Balaban J connectivity index is 1.94.